The Morgan fingerprint density at radius 1 is 1.28 bits per heavy atom. The molecule has 1 aliphatic rings. The number of carbonyl (C=O) groups is 1. The molecule has 0 aliphatic carbocycles. The smallest absolute Gasteiger partial charge is 0.329 e. The van der Waals surface area contributed by atoms with Crippen LogP contribution in [0.5, 0.6) is 0 Å². The average molecular weight is 247 g/mol. The van der Waals surface area contributed by atoms with Gasteiger partial charge in [-0.1, -0.05) is 30.3 Å². The van der Waals surface area contributed by atoms with Crippen molar-refractivity contribution in [3.05, 3.63) is 35.9 Å². The maximum absolute atomic E-state index is 11.2. The molecule has 0 aromatic heterocycles. The van der Waals surface area contributed by atoms with Gasteiger partial charge in [0.25, 0.3) is 0 Å². The highest BCUT2D eigenvalue weighted by Gasteiger charge is 2.20. The van der Waals surface area contributed by atoms with Gasteiger partial charge in [0, 0.05) is 20.1 Å². The van der Waals surface area contributed by atoms with E-state index in [-0.39, 0.29) is 6.03 Å². The van der Waals surface area contributed by atoms with Gasteiger partial charge >= 0.3 is 6.03 Å². The fraction of sp³-hybridized carbons (Fsp3) is 0.500. The van der Waals surface area contributed by atoms with E-state index in [0.717, 1.165) is 38.3 Å². The molecule has 1 aromatic carbocycles. The largest absolute Gasteiger partial charge is 0.340 e. The number of benzene rings is 1. The van der Waals surface area contributed by atoms with E-state index in [1.54, 1.807) is 7.05 Å². The molecule has 4 heteroatoms. The molecule has 1 aliphatic heterocycles. The summed E-state index contributed by atoms with van der Waals surface area (Å²) in [5, 5.41) is 4.57. The van der Waals surface area contributed by atoms with E-state index in [2.05, 4.69) is 41.1 Å². The number of hydrazine groups is 1. The number of nitrogens with zero attached hydrogens (tertiary/aromatic N) is 1. The Hall–Kier alpha value is -1.55. The number of amides is 2. The van der Waals surface area contributed by atoms with Crippen molar-refractivity contribution in [2.75, 3.05) is 20.1 Å². The summed E-state index contributed by atoms with van der Waals surface area (Å²) in [5.41, 5.74) is 4.25. The fourth-order valence-corrected chi connectivity index (χ4v) is 2.40. The number of urea groups is 1. The lowest BCUT2D eigenvalue weighted by molar-refractivity contribution is 0.131. The van der Waals surface area contributed by atoms with Crippen LogP contribution in [0.1, 0.15) is 18.4 Å². The number of piperidine rings is 1. The average Bonchev–Trinajstić information content (AvgIpc) is 2.42. The number of rotatable bonds is 3. The number of hydrogen-bond acceptors (Lipinski definition) is 2. The van der Waals surface area contributed by atoms with Gasteiger partial charge in [-0.3, -0.25) is 5.43 Å². The highest BCUT2D eigenvalue weighted by Crippen LogP contribution is 2.20. The number of hydrogen-bond donors (Lipinski definition) is 2. The summed E-state index contributed by atoms with van der Waals surface area (Å²) in [6.07, 6.45) is 3.42. The Labute approximate surface area is 108 Å². The zero-order chi connectivity index (χ0) is 12.8. The molecule has 0 spiro atoms. The van der Waals surface area contributed by atoms with Crippen molar-refractivity contribution in [2.24, 2.45) is 5.92 Å². The molecule has 1 saturated heterocycles. The first-order valence-electron chi connectivity index (χ1n) is 6.55. The Kier molecular flexibility index (Phi) is 4.59. The summed E-state index contributed by atoms with van der Waals surface area (Å²) < 4.78 is 0. The molecule has 1 fully saturated rings. The molecule has 0 unspecified atom stereocenters. The molecular formula is C14H21N3O. The lowest BCUT2D eigenvalue weighted by atomic mass is 9.91. The lowest BCUT2D eigenvalue weighted by Crippen LogP contribution is -2.49. The van der Waals surface area contributed by atoms with Gasteiger partial charge in [0.1, 0.15) is 0 Å². The van der Waals surface area contributed by atoms with Crippen molar-refractivity contribution < 1.29 is 4.79 Å². The van der Waals surface area contributed by atoms with Crippen LogP contribution in [0, 0.1) is 5.92 Å². The third kappa shape index (κ3) is 3.74. The standard InChI is InChI=1S/C14H21N3O/c1-15-14(18)16-17-9-7-13(8-10-17)11-12-5-3-2-4-6-12/h2-6,13H,7-11H2,1H3,(H2,15,16,18). The third-order valence-corrected chi connectivity index (χ3v) is 3.47. The molecular weight excluding hydrogens is 226 g/mol. The monoisotopic (exact) mass is 247 g/mol. The van der Waals surface area contributed by atoms with E-state index in [9.17, 15) is 4.79 Å². The van der Waals surface area contributed by atoms with Crippen molar-refractivity contribution in [3.63, 3.8) is 0 Å². The highest BCUT2D eigenvalue weighted by atomic mass is 16.2. The SMILES string of the molecule is CNC(=O)NN1CCC(Cc2ccccc2)CC1. The maximum Gasteiger partial charge on any atom is 0.329 e. The first-order valence-corrected chi connectivity index (χ1v) is 6.55. The van der Waals surface area contributed by atoms with Gasteiger partial charge in [0.15, 0.2) is 0 Å². The van der Waals surface area contributed by atoms with Crippen molar-refractivity contribution in [3.8, 4) is 0 Å². The topological polar surface area (TPSA) is 44.4 Å². The molecule has 0 saturated carbocycles. The predicted octanol–water partition coefficient (Wildman–Crippen LogP) is 1.79. The third-order valence-electron chi connectivity index (χ3n) is 3.47. The highest BCUT2D eigenvalue weighted by molar-refractivity contribution is 5.72. The lowest BCUT2D eigenvalue weighted by Gasteiger charge is -2.31. The second-order valence-corrected chi connectivity index (χ2v) is 4.81. The second kappa shape index (κ2) is 6.40. The molecule has 0 atom stereocenters. The van der Waals surface area contributed by atoms with Crippen LogP contribution in [0.15, 0.2) is 30.3 Å². The molecule has 0 bridgehead atoms. The zero-order valence-corrected chi connectivity index (χ0v) is 10.9. The fourth-order valence-electron chi connectivity index (χ4n) is 2.40. The van der Waals surface area contributed by atoms with Gasteiger partial charge in [-0.05, 0) is 30.7 Å². The maximum atomic E-state index is 11.2. The minimum absolute atomic E-state index is 0.128. The summed E-state index contributed by atoms with van der Waals surface area (Å²) in [4.78, 5) is 11.2. The first-order chi connectivity index (χ1) is 8.78. The summed E-state index contributed by atoms with van der Waals surface area (Å²) in [7, 11) is 1.64. The molecule has 2 amide bonds. The van der Waals surface area contributed by atoms with Crippen LogP contribution in [0.3, 0.4) is 0 Å². The van der Waals surface area contributed by atoms with E-state index in [4.69, 9.17) is 0 Å². The van der Waals surface area contributed by atoms with Crippen LogP contribution in [-0.4, -0.2) is 31.2 Å². The first kappa shape index (κ1) is 12.9. The zero-order valence-electron chi connectivity index (χ0n) is 10.9. The van der Waals surface area contributed by atoms with E-state index >= 15 is 0 Å². The van der Waals surface area contributed by atoms with E-state index in [1.807, 2.05) is 5.01 Å². The van der Waals surface area contributed by atoms with Gasteiger partial charge < -0.3 is 5.32 Å². The molecule has 1 heterocycles. The van der Waals surface area contributed by atoms with Crippen LogP contribution in [-0.2, 0) is 6.42 Å². The Morgan fingerprint density at radius 3 is 2.56 bits per heavy atom. The van der Waals surface area contributed by atoms with Gasteiger partial charge in [0.05, 0.1) is 0 Å². The molecule has 2 rings (SSSR count). The second-order valence-electron chi connectivity index (χ2n) is 4.81. The molecule has 0 radical (unpaired) electrons. The summed E-state index contributed by atoms with van der Waals surface area (Å²) in [6.45, 7) is 1.87. The van der Waals surface area contributed by atoms with Gasteiger partial charge in [-0.2, -0.15) is 0 Å². The molecule has 98 valence electrons. The molecule has 4 nitrogen and oxygen atoms in total. The quantitative estimate of drug-likeness (QED) is 0.855. The van der Waals surface area contributed by atoms with E-state index in [1.165, 1.54) is 5.56 Å². The van der Waals surface area contributed by atoms with Gasteiger partial charge in [-0.15, -0.1) is 0 Å². The van der Waals surface area contributed by atoms with Crippen LogP contribution >= 0.6 is 0 Å². The van der Waals surface area contributed by atoms with Gasteiger partial charge in [-0.25, -0.2) is 9.80 Å². The van der Waals surface area contributed by atoms with Gasteiger partial charge in [0.2, 0.25) is 0 Å². The summed E-state index contributed by atoms with van der Waals surface area (Å²) >= 11 is 0. The van der Waals surface area contributed by atoms with Crippen LogP contribution in [0.2, 0.25) is 0 Å². The normalized spacial score (nSPS) is 17.4. The molecule has 2 N–H and O–H groups in total. The Balaban J connectivity index is 1.75. The minimum Gasteiger partial charge on any atom is -0.340 e. The number of carbonyl (C=O) groups excluding carboxylic acids is 1. The van der Waals surface area contributed by atoms with Crippen LogP contribution < -0.4 is 10.7 Å². The Bertz CT molecular complexity index is 372. The molecule has 18 heavy (non-hydrogen) atoms. The minimum atomic E-state index is -0.128. The van der Waals surface area contributed by atoms with Crippen molar-refractivity contribution in [1.82, 2.24) is 15.8 Å². The van der Waals surface area contributed by atoms with Crippen molar-refractivity contribution >= 4 is 6.03 Å². The van der Waals surface area contributed by atoms with Crippen molar-refractivity contribution in [1.29, 1.82) is 0 Å². The number of nitrogens with one attached hydrogen (secondary N) is 2. The van der Waals surface area contributed by atoms with Crippen LogP contribution in [0.4, 0.5) is 4.79 Å². The summed E-state index contributed by atoms with van der Waals surface area (Å²) in [5.74, 6) is 0.732. The summed E-state index contributed by atoms with van der Waals surface area (Å²) in [6, 6.07) is 10.5. The Morgan fingerprint density at radius 2 is 1.94 bits per heavy atom. The van der Waals surface area contributed by atoms with E-state index in [0.29, 0.717) is 0 Å². The predicted molar refractivity (Wildman–Crippen MR) is 72.0 cm³/mol. The molecule has 1 aromatic rings. The van der Waals surface area contributed by atoms with Crippen molar-refractivity contribution in [2.45, 2.75) is 19.3 Å². The van der Waals surface area contributed by atoms with E-state index < -0.39 is 0 Å². The van der Waals surface area contributed by atoms with Crippen LogP contribution in [0.25, 0.3) is 0 Å².